The fraction of sp³-hybridized carbons (Fsp3) is 0.0667. The van der Waals surface area contributed by atoms with Crippen molar-refractivity contribution in [2.24, 2.45) is 0 Å². The monoisotopic (exact) mass is 518 g/mol. The first-order valence-electron chi connectivity index (χ1n) is 11.9. The summed E-state index contributed by atoms with van der Waals surface area (Å²) < 4.78 is 20.9. The van der Waals surface area contributed by atoms with Gasteiger partial charge in [0, 0.05) is 59.6 Å². The van der Waals surface area contributed by atoms with E-state index in [2.05, 4.69) is 41.1 Å². The smallest absolute Gasteiger partial charge is 0.152 e. The topological polar surface area (TPSA) is 39.4 Å². The largest absolute Gasteiger partial charge is 0.463 e. The number of hydrogen-bond acceptors (Lipinski definition) is 6. The van der Waals surface area contributed by atoms with Gasteiger partial charge in [0.2, 0.25) is 0 Å². The van der Waals surface area contributed by atoms with E-state index in [4.69, 9.17) is 13.3 Å². The van der Waals surface area contributed by atoms with Crippen LogP contribution in [0.25, 0.3) is 85.4 Å². The second-order valence-corrected chi connectivity index (χ2v) is 12.4. The first-order valence-corrected chi connectivity index (χ1v) is 14.7. The van der Waals surface area contributed by atoms with E-state index in [1.54, 1.807) is 22.7 Å². The van der Waals surface area contributed by atoms with Gasteiger partial charge in [-0.1, -0.05) is 0 Å². The molecule has 0 saturated heterocycles. The maximum atomic E-state index is 6.17. The molecule has 0 spiro atoms. The fourth-order valence-corrected chi connectivity index (χ4v) is 9.69. The van der Waals surface area contributed by atoms with Crippen molar-refractivity contribution in [2.75, 3.05) is 5.75 Å². The molecule has 3 nitrogen and oxygen atoms in total. The highest BCUT2D eigenvalue weighted by molar-refractivity contribution is 7.99. The van der Waals surface area contributed by atoms with Crippen LogP contribution in [0.1, 0.15) is 5.56 Å². The normalized spacial score (nSPS) is 14.3. The molecule has 1 aliphatic heterocycles. The summed E-state index contributed by atoms with van der Waals surface area (Å²) in [5.74, 6) is 1.08. The molecule has 0 aliphatic carbocycles. The van der Waals surface area contributed by atoms with Crippen molar-refractivity contribution in [1.82, 2.24) is 0 Å². The summed E-state index contributed by atoms with van der Waals surface area (Å²) >= 11 is 5.44. The summed E-state index contributed by atoms with van der Waals surface area (Å²) in [7, 11) is 0. The molecule has 9 aromatic rings. The molecule has 0 fully saturated rings. The number of aryl methyl sites for hydroxylation is 1. The molecule has 1 aliphatic rings. The summed E-state index contributed by atoms with van der Waals surface area (Å²) in [6.07, 6.45) is 6.58. The Bertz CT molecular complexity index is 2340. The highest BCUT2D eigenvalue weighted by atomic mass is 32.2. The predicted octanol–water partition coefficient (Wildman–Crippen LogP) is 10.5. The van der Waals surface area contributed by atoms with Crippen molar-refractivity contribution in [3.8, 4) is 0 Å². The average molecular weight is 519 g/mol. The van der Waals surface area contributed by atoms with Crippen LogP contribution >= 0.6 is 34.4 Å². The van der Waals surface area contributed by atoms with Crippen LogP contribution in [0.4, 0.5) is 0 Å². The number of rotatable bonds is 0. The molecule has 0 radical (unpaired) electrons. The molecule has 0 amide bonds. The molecular weight excluding hydrogens is 505 g/mol. The molecule has 36 heavy (non-hydrogen) atoms. The Labute approximate surface area is 214 Å². The average Bonchev–Trinajstić information content (AvgIpc) is 3.73. The van der Waals surface area contributed by atoms with Crippen LogP contribution in [0.2, 0.25) is 0 Å². The summed E-state index contributed by atoms with van der Waals surface area (Å²) in [6, 6.07) is 11.0. The lowest BCUT2D eigenvalue weighted by Gasteiger charge is -2.18. The first-order chi connectivity index (χ1) is 17.9. The Hall–Kier alpha value is -3.45. The minimum absolute atomic E-state index is 0.976. The van der Waals surface area contributed by atoms with Crippen LogP contribution in [-0.4, -0.2) is 5.75 Å². The molecule has 4 aromatic carbocycles. The number of benzene rings is 4. The molecule has 0 N–H and O–H groups in total. The summed E-state index contributed by atoms with van der Waals surface area (Å²) in [5.41, 5.74) is 4.40. The number of hydrogen-bond donors (Lipinski definition) is 0. The van der Waals surface area contributed by atoms with E-state index < -0.39 is 0 Å². The molecule has 170 valence electrons. The van der Waals surface area contributed by atoms with Crippen LogP contribution in [0.15, 0.2) is 78.0 Å². The van der Waals surface area contributed by atoms with E-state index in [1.807, 2.05) is 30.6 Å². The lowest BCUT2D eigenvalue weighted by atomic mass is 9.85. The third-order valence-corrected chi connectivity index (χ3v) is 10.9. The van der Waals surface area contributed by atoms with Gasteiger partial charge in [0.1, 0.15) is 5.58 Å². The number of furan rings is 3. The lowest BCUT2D eigenvalue weighted by molar-refractivity contribution is 0.608. The van der Waals surface area contributed by atoms with Gasteiger partial charge in [-0.2, -0.15) is 0 Å². The molecule has 6 heterocycles. The van der Waals surface area contributed by atoms with Crippen LogP contribution in [0, 0.1) is 0 Å². The van der Waals surface area contributed by atoms with Crippen LogP contribution in [0.3, 0.4) is 0 Å². The quantitative estimate of drug-likeness (QED) is 0.187. The van der Waals surface area contributed by atoms with Crippen molar-refractivity contribution >= 4 is 120 Å². The van der Waals surface area contributed by atoms with Crippen molar-refractivity contribution < 1.29 is 13.3 Å². The van der Waals surface area contributed by atoms with Crippen LogP contribution < -0.4 is 0 Å². The molecule has 6 heteroatoms. The zero-order valence-corrected chi connectivity index (χ0v) is 21.1. The van der Waals surface area contributed by atoms with Gasteiger partial charge in [-0.15, -0.1) is 34.4 Å². The van der Waals surface area contributed by atoms with E-state index in [-0.39, 0.29) is 0 Å². The van der Waals surface area contributed by atoms with Crippen molar-refractivity contribution in [1.29, 1.82) is 0 Å². The third kappa shape index (κ3) is 1.96. The van der Waals surface area contributed by atoms with Gasteiger partial charge in [-0.05, 0) is 58.5 Å². The lowest BCUT2D eigenvalue weighted by Crippen LogP contribution is -1.92. The molecule has 0 atom stereocenters. The predicted molar refractivity (Wildman–Crippen MR) is 153 cm³/mol. The second kappa shape index (κ2) is 6.27. The van der Waals surface area contributed by atoms with E-state index in [1.165, 1.54) is 79.1 Å². The standard InChI is InChI=1S/C30H14O3S3/c1-7-31-25-13(1)19-22(16-4-10-34-28(16)25)20-14-2-9-33-27(14)30-18(6-12-36-30)24(20)21-15-3-8-32-26(15)29-17(23(19)21)5-11-35-29/h1-5,7-11H,6,12H2. The maximum Gasteiger partial charge on any atom is 0.152 e. The fourth-order valence-electron chi connectivity index (χ4n) is 6.71. The summed E-state index contributed by atoms with van der Waals surface area (Å²) in [4.78, 5) is 1.30. The van der Waals surface area contributed by atoms with Gasteiger partial charge in [-0.25, -0.2) is 0 Å². The Kier molecular flexibility index (Phi) is 3.27. The first kappa shape index (κ1) is 18.8. The number of thioether (sulfide) groups is 1. The van der Waals surface area contributed by atoms with E-state index in [0.717, 1.165) is 28.9 Å². The minimum atomic E-state index is 0.976. The van der Waals surface area contributed by atoms with Crippen LogP contribution in [0.5, 0.6) is 0 Å². The van der Waals surface area contributed by atoms with Crippen molar-refractivity contribution in [3.05, 3.63) is 65.4 Å². The van der Waals surface area contributed by atoms with Crippen molar-refractivity contribution in [3.63, 3.8) is 0 Å². The Balaban J connectivity index is 1.75. The molecule has 0 saturated carbocycles. The van der Waals surface area contributed by atoms with Crippen molar-refractivity contribution in [2.45, 2.75) is 11.3 Å². The van der Waals surface area contributed by atoms with E-state index in [9.17, 15) is 0 Å². The Morgan fingerprint density at radius 1 is 0.528 bits per heavy atom. The third-order valence-electron chi connectivity index (χ3n) is 7.97. The molecule has 10 rings (SSSR count). The molecule has 0 bridgehead atoms. The molecular formula is C30H14O3S3. The van der Waals surface area contributed by atoms with Gasteiger partial charge in [-0.3, -0.25) is 0 Å². The zero-order chi connectivity index (χ0) is 23.1. The van der Waals surface area contributed by atoms with Gasteiger partial charge >= 0.3 is 0 Å². The SMILES string of the molecule is c1cc2c(o1)c1c(c3c2c2c4ccsc4c4occc4c2c2c4ccsc4c4occc4c32)CCS1. The second-order valence-electron chi connectivity index (χ2n) is 9.47. The Morgan fingerprint density at radius 2 is 1.03 bits per heavy atom. The number of fused-ring (bicyclic) bond motifs is 21. The van der Waals surface area contributed by atoms with Gasteiger partial charge in [0.25, 0.3) is 0 Å². The van der Waals surface area contributed by atoms with Gasteiger partial charge < -0.3 is 13.3 Å². The zero-order valence-electron chi connectivity index (χ0n) is 18.6. The highest BCUT2D eigenvalue weighted by Gasteiger charge is 2.29. The minimum Gasteiger partial charge on any atom is -0.463 e. The summed E-state index contributed by atoms with van der Waals surface area (Å²) in [5, 5.41) is 18.3. The van der Waals surface area contributed by atoms with Gasteiger partial charge in [0.15, 0.2) is 11.2 Å². The molecule has 5 aromatic heterocycles. The van der Waals surface area contributed by atoms with E-state index >= 15 is 0 Å². The van der Waals surface area contributed by atoms with Crippen LogP contribution in [-0.2, 0) is 6.42 Å². The Morgan fingerprint density at radius 3 is 1.64 bits per heavy atom. The maximum absolute atomic E-state index is 6.17. The van der Waals surface area contributed by atoms with E-state index in [0.29, 0.717) is 0 Å². The van der Waals surface area contributed by atoms with Gasteiger partial charge in [0.05, 0.1) is 33.1 Å². The molecule has 0 unspecified atom stereocenters. The number of thiophene rings is 2. The highest BCUT2D eigenvalue weighted by Crippen LogP contribution is 2.55. The summed E-state index contributed by atoms with van der Waals surface area (Å²) in [6.45, 7) is 0.